The van der Waals surface area contributed by atoms with Gasteiger partial charge in [-0.25, -0.2) is 0 Å². The molecular weight excluding hydrogens is 354 g/mol. The van der Waals surface area contributed by atoms with E-state index in [-0.39, 0.29) is 0 Å². The molecule has 0 atom stereocenters. The minimum atomic E-state index is 0.488. The number of anilines is 1. The second-order valence-electron chi connectivity index (χ2n) is 7.50. The number of aromatic nitrogens is 3. The van der Waals surface area contributed by atoms with Gasteiger partial charge in [-0.15, -0.1) is 5.10 Å². The number of hydrogen-bond donors (Lipinski definition) is 1. The number of benzene rings is 1. The van der Waals surface area contributed by atoms with Crippen molar-refractivity contribution >= 4 is 16.9 Å². The van der Waals surface area contributed by atoms with E-state index >= 15 is 0 Å². The minimum Gasteiger partial charge on any atom is -0.403 e. The average molecular weight is 383 g/mol. The highest BCUT2D eigenvalue weighted by molar-refractivity contribution is 5.88. The highest BCUT2D eigenvalue weighted by atomic mass is 16.5. The topological polar surface area (TPSA) is 68.4 Å². The number of ether oxygens (including phenoxy) is 1. The van der Waals surface area contributed by atoms with Gasteiger partial charge in [-0.2, -0.15) is 0 Å². The van der Waals surface area contributed by atoms with Crippen molar-refractivity contribution in [3.63, 3.8) is 0 Å². The smallest absolute Gasteiger partial charge is 0.315 e. The molecule has 3 aromatic rings. The summed E-state index contributed by atoms with van der Waals surface area (Å²) >= 11 is 0. The Hall–Kier alpha value is -2.38. The van der Waals surface area contributed by atoms with Crippen LogP contribution >= 0.6 is 0 Å². The predicted molar refractivity (Wildman–Crippen MR) is 111 cm³/mol. The van der Waals surface area contributed by atoms with Crippen LogP contribution in [0.4, 0.5) is 6.01 Å². The SMILES string of the molecule is Cc1c(C)n(C)c2ccc(-c3nnc(NCCCCN4CCOCC4)o3)cc12. The van der Waals surface area contributed by atoms with E-state index in [1.807, 2.05) is 6.07 Å². The standard InChI is InChI=1S/C21H29N5O2/c1-15-16(2)25(3)19-7-6-17(14-18(15)19)20-23-24-21(28-20)22-8-4-5-9-26-10-12-27-13-11-26/h6-7,14H,4-5,8-13H2,1-3H3,(H,22,24). The Balaban J connectivity index is 1.32. The van der Waals surface area contributed by atoms with Gasteiger partial charge < -0.3 is 19.0 Å². The van der Waals surface area contributed by atoms with Crippen LogP contribution in [-0.4, -0.2) is 59.1 Å². The van der Waals surface area contributed by atoms with Crippen LogP contribution in [0.3, 0.4) is 0 Å². The van der Waals surface area contributed by atoms with E-state index in [0.717, 1.165) is 57.8 Å². The maximum Gasteiger partial charge on any atom is 0.315 e. The molecule has 2 aromatic heterocycles. The van der Waals surface area contributed by atoms with E-state index in [4.69, 9.17) is 9.15 Å². The normalized spacial score (nSPS) is 15.4. The molecule has 0 bridgehead atoms. The number of fused-ring (bicyclic) bond motifs is 1. The maximum atomic E-state index is 5.82. The van der Waals surface area contributed by atoms with Crippen molar-refractivity contribution in [2.75, 3.05) is 44.7 Å². The van der Waals surface area contributed by atoms with Crippen LogP contribution in [0.15, 0.2) is 22.6 Å². The maximum absolute atomic E-state index is 5.82. The van der Waals surface area contributed by atoms with E-state index in [0.29, 0.717) is 11.9 Å². The van der Waals surface area contributed by atoms with Gasteiger partial charge >= 0.3 is 6.01 Å². The molecule has 7 nitrogen and oxygen atoms in total. The Morgan fingerprint density at radius 3 is 2.75 bits per heavy atom. The van der Waals surface area contributed by atoms with Gasteiger partial charge in [0.15, 0.2) is 0 Å². The van der Waals surface area contributed by atoms with Gasteiger partial charge in [0.2, 0.25) is 5.89 Å². The molecule has 0 unspecified atom stereocenters. The molecule has 1 saturated heterocycles. The Morgan fingerprint density at radius 2 is 1.93 bits per heavy atom. The molecule has 1 N–H and O–H groups in total. The summed E-state index contributed by atoms with van der Waals surface area (Å²) in [6, 6.07) is 6.79. The number of aryl methyl sites for hydroxylation is 2. The average Bonchev–Trinajstić information content (AvgIpc) is 3.28. The van der Waals surface area contributed by atoms with E-state index in [9.17, 15) is 0 Å². The van der Waals surface area contributed by atoms with Gasteiger partial charge in [0.05, 0.1) is 13.2 Å². The highest BCUT2D eigenvalue weighted by Gasteiger charge is 2.13. The molecule has 0 radical (unpaired) electrons. The Bertz CT molecular complexity index is 940. The van der Waals surface area contributed by atoms with Crippen LogP contribution in [0, 0.1) is 13.8 Å². The first-order valence-electron chi connectivity index (χ1n) is 10.1. The molecule has 0 amide bonds. The molecule has 0 aliphatic carbocycles. The second-order valence-corrected chi connectivity index (χ2v) is 7.50. The Kier molecular flexibility index (Phi) is 5.64. The van der Waals surface area contributed by atoms with Gasteiger partial charge in [-0.3, -0.25) is 4.90 Å². The lowest BCUT2D eigenvalue weighted by molar-refractivity contribution is 0.0373. The first-order valence-corrected chi connectivity index (χ1v) is 10.1. The van der Waals surface area contributed by atoms with Crippen LogP contribution in [0.2, 0.25) is 0 Å². The fourth-order valence-electron chi connectivity index (χ4n) is 3.78. The van der Waals surface area contributed by atoms with Crippen LogP contribution in [0.5, 0.6) is 0 Å². The molecule has 1 aliphatic rings. The fraction of sp³-hybridized carbons (Fsp3) is 0.524. The van der Waals surface area contributed by atoms with E-state index in [1.165, 1.54) is 22.2 Å². The predicted octanol–water partition coefficient (Wildman–Crippen LogP) is 3.37. The summed E-state index contributed by atoms with van der Waals surface area (Å²) in [5.74, 6) is 0.554. The Labute approximate surface area is 165 Å². The minimum absolute atomic E-state index is 0.488. The van der Waals surface area contributed by atoms with E-state index in [2.05, 4.69) is 58.0 Å². The van der Waals surface area contributed by atoms with Crippen molar-refractivity contribution in [1.29, 1.82) is 0 Å². The van der Waals surface area contributed by atoms with Crippen LogP contribution in [0.25, 0.3) is 22.4 Å². The van der Waals surface area contributed by atoms with Crippen LogP contribution in [0.1, 0.15) is 24.1 Å². The summed E-state index contributed by atoms with van der Waals surface area (Å²) in [7, 11) is 2.10. The zero-order valence-electron chi connectivity index (χ0n) is 17.0. The molecule has 4 rings (SSSR count). The molecule has 28 heavy (non-hydrogen) atoms. The first kappa shape index (κ1) is 19.0. The van der Waals surface area contributed by atoms with Crippen molar-refractivity contribution < 1.29 is 9.15 Å². The number of morpholine rings is 1. The molecule has 1 aromatic carbocycles. The number of rotatable bonds is 7. The van der Waals surface area contributed by atoms with Crippen molar-refractivity contribution in [3.8, 4) is 11.5 Å². The number of unbranched alkanes of at least 4 members (excludes halogenated alkanes) is 1. The molecule has 7 heteroatoms. The van der Waals surface area contributed by atoms with Crippen LogP contribution < -0.4 is 5.32 Å². The summed E-state index contributed by atoms with van der Waals surface area (Å²) in [5, 5.41) is 12.8. The molecule has 0 spiro atoms. The lowest BCUT2D eigenvalue weighted by Gasteiger charge is -2.26. The van der Waals surface area contributed by atoms with E-state index < -0.39 is 0 Å². The fourth-order valence-corrected chi connectivity index (χ4v) is 3.78. The summed E-state index contributed by atoms with van der Waals surface area (Å²) in [5.41, 5.74) is 4.74. The third-order valence-corrected chi connectivity index (χ3v) is 5.76. The van der Waals surface area contributed by atoms with E-state index in [1.54, 1.807) is 0 Å². The highest BCUT2D eigenvalue weighted by Crippen LogP contribution is 2.29. The number of hydrogen-bond acceptors (Lipinski definition) is 6. The molecular formula is C21H29N5O2. The number of nitrogens with zero attached hydrogens (tertiary/aromatic N) is 4. The molecule has 0 saturated carbocycles. The zero-order chi connectivity index (χ0) is 19.5. The summed E-state index contributed by atoms with van der Waals surface area (Å²) < 4.78 is 13.4. The zero-order valence-corrected chi connectivity index (χ0v) is 17.0. The van der Waals surface area contributed by atoms with Gasteiger partial charge in [0, 0.05) is 48.8 Å². The molecule has 1 fully saturated rings. The van der Waals surface area contributed by atoms with Gasteiger partial charge in [0.25, 0.3) is 0 Å². The van der Waals surface area contributed by atoms with Crippen molar-refractivity contribution in [3.05, 3.63) is 29.5 Å². The van der Waals surface area contributed by atoms with Crippen molar-refractivity contribution in [1.82, 2.24) is 19.7 Å². The van der Waals surface area contributed by atoms with Crippen LogP contribution in [-0.2, 0) is 11.8 Å². The number of nitrogens with one attached hydrogen (secondary N) is 1. The molecule has 1 aliphatic heterocycles. The van der Waals surface area contributed by atoms with Gasteiger partial charge in [0.1, 0.15) is 0 Å². The molecule has 3 heterocycles. The van der Waals surface area contributed by atoms with Gasteiger partial charge in [-0.05, 0) is 57.0 Å². The lowest BCUT2D eigenvalue weighted by Crippen LogP contribution is -2.36. The quantitative estimate of drug-likeness (QED) is 0.631. The Morgan fingerprint density at radius 1 is 1.11 bits per heavy atom. The third kappa shape index (κ3) is 3.91. The first-order chi connectivity index (χ1) is 13.6. The summed E-state index contributed by atoms with van der Waals surface area (Å²) in [6.45, 7) is 10.1. The lowest BCUT2D eigenvalue weighted by atomic mass is 10.1. The van der Waals surface area contributed by atoms with Crippen molar-refractivity contribution in [2.24, 2.45) is 7.05 Å². The van der Waals surface area contributed by atoms with Gasteiger partial charge in [-0.1, -0.05) is 5.10 Å². The largest absolute Gasteiger partial charge is 0.403 e. The third-order valence-electron chi connectivity index (χ3n) is 5.76. The second kappa shape index (κ2) is 8.32. The summed E-state index contributed by atoms with van der Waals surface area (Å²) in [4.78, 5) is 2.46. The molecule has 150 valence electrons. The van der Waals surface area contributed by atoms with Crippen molar-refractivity contribution in [2.45, 2.75) is 26.7 Å². The monoisotopic (exact) mass is 383 g/mol. The summed E-state index contributed by atoms with van der Waals surface area (Å²) in [6.07, 6.45) is 2.22.